The number of hydrogen-bond donors (Lipinski definition) is 1. The Morgan fingerprint density at radius 2 is 1.76 bits per heavy atom. The van der Waals surface area contributed by atoms with E-state index in [0.29, 0.717) is 19.6 Å². The molecule has 1 saturated heterocycles. The van der Waals surface area contributed by atoms with Crippen molar-refractivity contribution in [1.82, 2.24) is 4.90 Å². The number of methoxy groups -OCH3 is 1. The van der Waals surface area contributed by atoms with E-state index in [9.17, 15) is 9.59 Å². The van der Waals surface area contributed by atoms with Gasteiger partial charge in [0.25, 0.3) is 0 Å². The van der Waals surface area contributed by atoms with Crippen LogP contribution in [0.15, 0.2) is 48.5 Å². The van der Waals surface area contributed by atoms with E-state index in [2.05, 4.69) is 23.1 Å². The third-order valence-corrected chi connectivity index (χ3v) is 6.78. The molecule has 2 aromatic carbocycles. The molecule has 2 aliphatic rings. The van der Waals surface area contributed by atoms with Crippen molar-refractivity contribution in [3.8, 4) is 11.5 Å². The Bertz CT molecular complexity index is 974. The van der Waals surface area contributed by atoms with E-state index in [1.807, 2.05) is 35.2 Å². The number of ether oxygens (including phenoxy) is 2. The first-order valence-electron chi connectivity index (χ1n) is 12.2. The zero-order valence-electron chi connectivity index (χ0n) is 19.8. The topological polar surface area (TPSA) is 79.3 Å². The largest absolute Gasteiger partial charge is 0.493 e. The minimum atomic E-state index is -0.945. The van der Waals surface area contributed by atoms with E-state index in [-0.39, 0.29) is 30.9 Å². The van der Waals surface area contributed by atoms with Crippen LogP contribution in [0.5, 0.6) is 11.5 Å². The first kappa shape index (κ1) is 23.9. The second kappa shape index (κ2) is 11.3. The molecular weight excluding hydrogens is 432 g/mol. The van der Waals surface area contributed by atoms with Crippen LogP contribution in [-0.2, 0) is 16.0 Å². The van der Waals surface area contributed by atoms with E-state index < -0.39 is 5.97 Å². The number of benzene rings is 2. The lowest BCUT2D eigenvalue weighted by atomic mass is 10.0. The average molecular weight is 467 g/mol. The molecule has 1 heterocycles. The van der Waals surface area contributed by atoms with Crippen LogP contribution in [0.2, 0.25) is 0 Å². The van der Waals surface area contributed by atoms with Crippen LogP contribution in [0.4, 0.5) is 5.69 Å². The molecule has 4 rings (SSSR count). The molecule has 0 bridgehead atoms. The number of rotatable bonds is 9. The van der Waals surface area contributed by atoms with Gasteiger partial charge in [-0.3, -0.25) is 9.59 Å². The first-order chi connectivity index (χ1) is 16.5. The summed E-state index contributed by atoms with van der Waals surface area (Å²) in [4.78, 5) is 28.0. The minimum absolute atomic E-state index is 0.0303. The number of carbonyl (C=O) groups excluding carboxylic acids is 1. The van der Waals surface area contributed by atoms with Crippen molar-refractivity contribution < 1.29 is 24.2 Å². The summed E-state index contributed by atoms with van der Waals surface area (Å²) in [6, 6.07) is 16.1. The number of hydrogen-bond acceptors (Lipinski definition) is 5. The van der Waals surface area contributed by atoms with Crippen LogP contribution >= 0.6 is 0 Å². The maximum atomic E-state index is 12.9. The maximum absolute atomic E-state index is 12.9. The second-order valence-electron chi connectivity index (χ2n) is 9.13. The monoisotopic (exact) mass is 466 g/mol. The van der Waals surface area contributed by atoms with E-state index in [0.717, 1.165) is 42.0 Å². The van der Waals surface area contributed by atoms with Gasteiger partial charge in [0.1, 0.15) is 0 Å². The van der Waals surface area contributed by atoms with Crippen molar-refractivity contribution in [1.29, 1.82) is 0 Å². The molecule has 7 nitrogen and oxygen atoms in total. The zero-order valence-corrected chi connectivity index (χ0v) is 19.8. The predicted octanol–water partition coefficient (Wildman–Crippen LogP) is 4.14. The van der Waals surface area contributed by atoms with Gasteiger partial charge in [0, 0.05) is 37.8 Å². The van der Waals surface area contributed by atoms with E-state index in [4.69, 9.17) is 14.6 Å². The molecule has 1 aliphatic carbocycles. The highest BCUT2D eigenvalue weighted by Crippen LogP contribution is 2.36. The number of anilines is 1. The average Bonchev–Trinajstić information content (AvgIpc) is 3.36. The lowest BCUT2D eigenvalue weighted by Crippen LogP contribution is -2.56. The highest BCUT2D eigenvalue weighted by Gasteiger charge is 2.31. The number of carboxylic acids is 1. The summed E-state index contributed by atoms with van der Waals surface area (Å²) in [5.74, 6) is 0.466. The van der Waals surface area contributed by atoms with Crippen molar-refractivity contribution in [2.45, 2.75) is 57.1 Å². The van der Waals surface area contributed by atoms with Gasteiger partial charge >= 0.3 is 5.97 Å². The highest BCUT2D eigenvalue weighted by atomic mass is 16.5. The highest BCUT2D eigenvalue weighted by molar-refractivity contribution is 5.81. The van der Waals surface area contributed by atoms with Gasteiger partial charge in [-0.15, -0.1) is 0 Å². The van der Waals surface area contributed by atoms with Gasteiger partial charge < -0.3 is 24.4 Å². The molecule has 34 heavy (non-hydrogen) atoms. The molecule has 1 N–H and O–H groups in total. The van der Waals surface area contributed by atoms with Crippen LogP contribution in [0.25, 0.3) is 0 Å². The molecular formula is C27H34N2O5. The molecule has 0 spiro atoms. The quantitative estimate of drug-likeness (QED) is 0.598. The molecule has 0 radical (unpaired) electrons. The molecule has 1 amide bonds. The van der Waals surface area contributed by atoms with Gasteiger partial charge in [0.05, 0.1) is 25.7 Å². The number of carbonyl (C=O) groups is 2. The zero-order chi connectivity index (χ0) is 23.9. The predicted molar refractivity (Wildman–Crippen MR) is 131 cm³/mol. The number of nitrogens with zero attached hydrogens (tertiary/aromatic N) is 2. The Hall–Kier alpha value is -3.22. The molecule has 2 fully saturated rings. The Morgan fingerprint density at radius 3 is 2.47 bits per heavy atom. The van der Waals surface area contributed by atoms with Crippen LogP contribution in [0.3, 0.4) is 0 Å². The standard InChI is InChI=1S/C27H34N2O5/c1-33-24-12-11-21(18-25(24)34-23-9-5-6-10-23)28-15-16-29(26(30)13-14-27(31)32)22(19-28)17-20-7-3-2-4-8-20/h2-4,7-8,11-12,18,22-23H,5-6,9-10,13-17,19H2,1H3,(H,31,32)/t22-/m0/s1. The lowest BCUT2D eigenvalue weighted by Gasteiger charge is -2.43. The van der Waals surface area contributed by atoms with E-state index in [1.165, 1.54) is 12.8 Å². The summed E-state index contributed by atoms with van der Waals surface area (Å²) in [6.45, 7) is 1.91. The summed E-state index contributed by atoms with van der Waals surface area (Å²) < 4.78 is 11.8. The fourth-order valence-electron chi connectivity index (χ4n) is 4.98. The van der Waals surface area contributed by atoms with E-state index in [1.54, 1.807) is 7.11 Å². The Labute approximate surface area is 201 Å². The van der Waals surface area contributed by atoms with Crippen molar-refractivity contribution in [2.75, 3.05) is 31.6 Å². The molecule has 7 heteroatoms. The first-order valence-corrected chi connectivity index (χ1v) is 12.2. The van der Waals surface area contributed by atoms with Crippen molar-refractivity contribution >= 4 is 17.6 Å². The second-order valence-corrected chi connectivity index (χ2v) is 9.13. The van der Waals surface area contributed by atoms with Gasteiger partial charge in [0.15, 0.2) is 11.5 Å². The molecule has 0 aromatic heterocycles. The fourth-order valence-corrected chi connectivity index (χ4v) is 4.98. The SMILES string of the molecule is COc1ccc(N2CCN(C(=O)CCC(=O)O)[C@@H](Cc3ccccc3)C2)cc1OC1CCCC1. The molecule has 1 atom stereocenters. The fraction of sp³-hybridized carbons (Fsp3) is 0.481. The molecule has 1 aliphatic heterocycles. The number of carboxylic acid groups (broad SMARTS) is 1. The number of amides is 1. The molecule has 2 aromatic rings. The van der Waals surface area contributed by atoms with Crippen molar-refractivity contribution in [3.63, 3.8) is 0 Å². The van der Waals surface area contributed by atoms with Crippen LogP contribution < -0.4 is 14.4 Å². The van der Waals surface area contributed by atoms with Crippen LogP contribution in [0.1, 0.15) is 44.1 Å². The summed E-state index contributed by atoms with van der Waals surface area (Å²) in [6.07, 6.45) is 5.39. The lowest BCUT2D eigenvalue weighted by molar-refractivity contribution is -0.141. The number of piperazine rings is 1. The third kappa shape index (κ3) is 6.01. The molecule has 1 saturated carbocycles. The molecule has 182 valence electrons. The number of aliphatic carboxylic acids is 1. The summed E-state index contributed by atoms with van der Waals surface area (Å²) in [5.41, 5.74) is 2.20. The van der Waals surface area contributed by atoms with E-state index >= 15 is 0 Å². The van der Waals surface area contributed by atoms with Gasteiger partial charge in [-0.25, -0.2) is 0 Å². The Kier molecular flexibility index (Phi) is 7.93. The maximum Gasteiger partial charge on any atom is 0.303 e. The van der Waals surface area contributed by atoms with Gasteiger partial charge in [-0.2, -0.15) is 0 Å². The van der Waals surface area contributed by atoms with Crippen LogP contribution in [0, 0.1) is 0 Å². The smallest absolute Gasteiger partial charge is 0.303 e. The van der Waals surface area contributed by atoms with Crippen LogP contribution in [-0.4, -0.2) is 60.8 Å². The normalized spacial score (nSPS) is 18.7. The van der Waals surface area contributed by atoms with Gasteiger partial charge in [-0.1, -0.05) is 30.3 Å². The third-order valence-electron chi connectivity index (χ3n) is 6.78. The Balaban J connectivity index is 1.52. The summed E-state index contributed by atoms with van der Waals surface area (Å²) >= 11 is 0. The summed E-state index contributed by atoms with van der Waals surface area (Å²) in [7, 11) is 1.66. The van der Waals surface area contributed by atoms with Gasteiger partial charge in [-0.05, 0) is 49.8 Å². The molecule has 0 unspecified atom stereocenters. The van der Waals surface area contributed by atoms with Crippen molar-refractivity contribution in [2.24, 2.45) is 0 Å². The minimum Gasteiger partial charge on any atom is -0.493 e. The Morgan fingerprint density at radius 1 is 1.00 bits per heavy atom. The van der Waals surface area contributed by atoms with Crippen molar-refractivity contribution in [3.05, 3.63) is 54.1 Å². The summed E-state index contributed by atoms with van der Waals surface area (Å²) in [5, 5.41) is 9.02. The van der Waals surface area contributed by atoms with Gasteiger partial charge in [0.2, 0.25) is 5.91 Å².